The van der Waals surface area contributed by atoms with Crippen molar-refractivity contribution in [2.45, 2.75) is 24.5 Å². The topological polar surface area (TPSA) is 90.3 Å². The maximum absolute atomic E-state index is 12.4. The molecule has 0 N–H and O–H groups in total. The van der Waals surface area contributed by atoms with Crippen LogP contribution in [0.15, 0.2) is 37.2 Å². The number of hydrogen-bond donors (Lipinski definition) is 0. The number of ether oxygens (including phenoxy) is 2. The maximum atomic E-state index is 12.4. The van der Waals surface area contributed by atoms with Crippen LogP contribution in [0.25, 0.3) is 0 Å². The number of likely N-dealkylation sites (tertiary alicyclic amines) is 1. The predicted octanol–water partition coefficient (Wildman–Crippen LogP) is 0.719. The van der Waals surface area contributed by atoms with Crippen molar-refractivity contribution in [2.75, 3.05) is 19.7 Å². The highest BCUT2D eigenvalue weighted by Gasteiger charge is 2.50. The third kappa shape index (κ3) is 2.92. The van der Waals surface area contributed by atoms with Crippen molar-refractivity contribution >= 4 is 5.91 Å². The minimum Gasteiger partial charge on any atom is -0.473 e. The Labute approximate surface area is 138 Å². The Hall–Kier alpha value is -2.61. The Morgan fingerprint density at radius 3 is 2.92 bits per heavy atom. The number of nitrogens with zero attached hydrogens (tertiary/aromatic N) is 5. The molecule has 124 valence electrons. The van der Waals surface area contributed by atoms with E-state index in [-0.39, 0.29) is 17.6 Å². The first kappa shape index (κ1) is 14.9. The molecule has 24 heavy (non-hydrogen) atoms. The highest BCUT2D eigenvalue weighted by atomic mass is 16.5. The van der Waals surface area contributed by atoms with Gasteiger partial charge in [0.1, 0.15) is 23.7 Å². The van der Waals surface area contributed by atoms with Crippen LogP contribution in [-0.4, -0.2) is 62.1 Å². The number of rotatable bonds is 3. The molecule has 0 unspecified atom stereocenters. The molecule has 8 heteroatoms. The van der Waals surface area contributed by atoms with Gasteiger partial charge < -0.3 is 14.4 Å². The summed E-state index contributed by atoms with van der Waals surface area (Å²) in [5.74, 6) is 0.427. The van der Waals surface area contributed by atoms with Crippen LogP contribution >= 0.6 is 0 Å². The van der Waals surface area contributed by atoms with E-state index < -0.39 is 0 Å². The van der Waals surface area contributed by atoms with Gasteiger partial charge in [0.15, 0.2) is 0 Å². The molecule has 2 aliphatic rings. The fourth-order valence-electron chi connectivity index (χ4n) is 3.19. The van der Waals surface area contributed by atoms with Crippen molar-refractivity contribution in [3.8, 4) is 5.88 Å². The van der Waals surface area contributed by atoms with E-state index in [1.165, 1.54) is 6.33 Å². The molecule has 4 heterocycles. The summed E-state index contributed by atoms with van der Waals surface area (Å²) in [6, 6.07) is 1.62. The Morgan fingerprint density at radius 1 is 1.25 bits per heavy atom. The Kier molecular flexibility index (Phi) is 3.81. The van der Waals surface area contributed by atoms with Crippen LogP contribution in [0.1, 0.15) is 23.3 Å². The van der Waals surface area contributed by atoms with Crippen molar-refractivity contribution < 1.29 is 14.3 Å². The van der Waals surface area contributed by atoms with Gasteiger partial charge >= 0.3 is 0 Å². The number of carbonyl (C=O) groups excluding carboxylic acids is 1. The first-order valence-corrected chi connectivity index (χ1v) is 7.86. The van der Waals surface area contributed by atoms with Gasteiger partial charge in [0.2, 0.25) is 5.88 Å². The van der Waals surface area contributed by atoms with E-state index in [2.05, 4.69) is 19.9 Å². The molecule has 8 nitrogen and oxygen atoms in total. The van der Waals surface area contributed by atoms with Crippen LogP contribution in [0.2, 0.25) is 0 Å². The number of hydrogen-bond acceptors (Lipinski definition) is 7. The van der Waals surface area contributed by atoms with Gasteiger partial charge in [0.25, 0.3) is 5.91 Å². The first-order valence-electron chi connectivity index (χ1n) is 7.86. The fourth-order valence-corrected chi connectivity index (χ4v) is 3.19. The second-order valence-corrected chi connectivity index (χ2v) is 6.06. The summed E-state index contributed by atoms with van der Waals surface area (Å²) in [5.41, 5.74) is 0.0800. The number of amides is 1. The summed E-state index contributed by atoms with van der Waals surface area (Å²) >= 11 is 0. The summed E-state index contributed by atoms with van der Waals surface area (Å²) in [6.07, 6.45) is 9.33. The Balaban J connectivity index is 1.36. The van der Waals surface area contributed by atoms with Crippen molar-refractivity contribution in [1.29, 1.82) is 0 Å². The van der Waals surface area contributed by atoms with Crippen molar-refractivity contribution in [3.63, 3.8) is 0 Å². The lowest BCUT2D eigenvalue weighted by atomic mass is 9.84. The molecule has 1 amide bonds. The highest BCUT2D eigenvalue weighted by Crippen LogP contribution is 2.36. The van der Waals surface area contributed by atoms with Gasteiger partial charge in [-0.25, -0.2) is 15.0 Å². The minimum atomic E-state index is -0.326. The third-order valence-electron chi connectivity index (χ3n) is 4.32. The minimum absolute atomic E-state index is 0.0201. The van der Waals surface area contributed by atoms with Crippen LogP contribution in [0.3, 0.4) is 0 Å². The van der Waals surface area contributed by atoms with E-state index >= 15 is 0 Å². The van der Waals surface area contributed by atoms with Gasteiger partial charge in [0, 0.05) is 31.4 Å². The van der Waals surface area contributed by atoms with Crippen LogP contribution in [-0.2, 0) is 4.74 Å². The second-order valence-electron chi connectivity index (χ2n) is 6.06. The highest BCUT2D eigenvalue weighted by molar-refractivity contribution is 5.92. The SMILES string of the molecule is O=C(c1ccncn1)N1CC2(C[C@@H](Oc3cnccn3)CCO2)C1. The summed E-state index contributed by atoms with van der Waals surface area (Å²) in [7, 11) is 0. The smallest absolute Gasteiger partial charge is 0.272 e. The number of carbonyl (C=O) groups is 1. The van der Waals surface area contributed by atoms with Gasteiger partial charge in [-0.2, -0.15) is 0 Å². The van der Waals surface area contributed by atoms with E-state index in [4.69, 9.17) is 9.47 Å². The molecule has 0 saturated carbocycles. The Bertz CT molecular complexity index is 706. The average molecular weight is 327 g/mol. The number of aromatic nitrogens is 4. The lowest BCUT2D eigenvalue weighted by molar-refractivity contribution is -0.174. The second kappa shape index (κ2) is 6.12. The molecule has 2 aliphatic heterocycles. The van der Waals surface area contributed by atoms with Crippen molar-refractivity contribution in [1.82, 2.24) is 24.8 Å². The van der Waals surface area contributed by atoms with Gasteiger partial charge in [-0.05, 0) is 6.07 Å². The molecular formula is C16H17N5O3. The molecule has 2 saturated heterocycles. The largest absolute Gasteiger partial charge is 0.473 e. The van der Waals surface area contributed by atoms with E-state index in [1.54, 1.807) is 35.8 Å². The summed E-state index contributed by atoms with van der Waals surface area (Å²) < 4.78 is 11.8. The van der Waals surface area contributed by atoms with E-state index in [0.29, 0.717) is 31.3 Å². The zero-order chi connectivity index (χ0) is 16.4. The molecule has 4 rings (SSSR count). The molecule has 2 aromatic heterocycles. The molecule has 2 fully saturated rings. The van der Waals surface area contributed by atoms with Gasteiger partial charge in [0.05, 0.1) is 25.9 Å². The third-order valence-corrected chi connectivity index (χ3v) is 4.32. The molecule has 2 aromatic rings. The maximum Gasteiger partial charge on any atom is 0.272 e. The fraction of sp³-hybridized carbons (Fsp3) is 0.438. The van der Waals surface area contributed by atoms with Crippen molar-refractivity contribution in [2.24, 2.45) is 0 Å². The molecule has 0 aliphatic carbocycles. The molecular weight excluding hydrogens is 310 g/mol. The predicted molar refractivity (Wildman–Crippen MR) is 82.3 cm³/mol. The van der Waals surface area contributed by atoms with Crippen LogP contribution in [0, 0.1) is 0 Å². The summed E-state index contributed by atoms with van der Waals surface area (Å²) in [5, 5.41) is 0. The molecule has 1 spiro atoms. The van der Waals surface area contributed by atoms with E-state index in [0.717, 1.165) is 12.8 Å². The summed E-state index contributed by atoms with van der Waals surface area (Å²) in [6.45, 7) is 1.72. The van der Waals surface area contributed by atoms with Gasteiger partial charge in [-0.3, -0.25) is 9.78 Å². The molecule has 0 aromatic carbocycles. The van der Waals surface area contributed by atoms with Gasteiger partial charge in [-0.1, -0.05) is 0 Å². The monoisotopic (exact) mass is 327 g/mol. The van der Waals surface area contributed by atoms with Gasteiger partial charge in [-0.15, -0.1) is 0 Å². The van der Waals surface area contributed by atoms with Crippen molar-refractivity contribution in [3.05, 3.63) is 42.9 Å². The average Bonchev–Trinajstić information content (AvgIpc) is 2.61. The van der Waals surface area contributed by atoms with E-state index in [1.807, 2.05) is 0 Å². The van der Waals surface area contributed by atoms with Crippen LogP contribution in [0.4, 0.5) is 0 Å². The quantitative estimate of drug-likeness (QED) is 0.820. The zero-order valence-electron chi connectivity index (χ0n) is 13.0. The zero-order valence-corrected chi connectivity index (χ0v) is 13.0. The Morgan fingerprint density at radius 2 is 2.17 bits per heavy atom. The van der Waals surface area contributed by atoms with Crippen LogP contribution in [0.5, 0.6) is 5.88 Å². The molecule has 1 atom stereocenters. The van der Waals surface area contributed by atoms with E-state index in [9.17, 15) is 4.79 Å². The van der Waals surface area contributed by atoms with Crippen LogP contribution < -0.4 is 4.74 Å². The lowest BCUT2D eigenvalue weighted by Gasteiger charge is -2.52. The lowest BCUT2D eigenvalue weighted by Crippen LogP contribution is -2.67. The standard InChI is InChI=1S/C16H17N5O3/c22-15(13-1-3-18-11-20-13)21-9-16(10-21)7-12(2-6-23-16)24-14-8-17-4-5-19-14/h1,3-5,8,11-12H,2,6-7,9-10H2/t12-/m0/s1. The first-order chi connectivity index (χ1) is 11.7. The molecule has 0 radical (unpaired) electrons. The molecule has 0 bridgehead atoms. The normalized spacial score (nSPS) is 22.0. The summed E-state index contributed by atoms with van der Waals surface area (Å²) in [4.78, 5) is 30.1.